The van der Waals surface area contributed by atoms with Crippen LogP contribution in [0.5, 0.6) is 0 Å². The van der Waals surface area contributed by atoms with Gasteiger partial charge in [0.1, 0.15) is 5.60 Å². The van der Waals surface area contributed by atoms with E-state index in [1.54, 1.807) is 0 Å². The van der Waals surface area contributed by atoms with E-state index >= 15 is 0 Å². The summed E-state index contributed by atoms with van der Waals surface area (Å²) in [7, 11) is 1.97. The van der Waals surface area contributed by atoms with E-state index in [-0.39, 0.29) is 24.0 Å². The van der Waals surface area contributed by atoms with Crippen molar-refractivity contribution in [2.45, 2.75) is 85.8 Å². The number of aromatic nitrogens is 2. The second kappa shape index (κ2) is 13.1. The standard InChI is InChI=1S/C22H42N6O2.HI/c1-10-22(11-2,26-20(29)30-21(6,7)8)15-25-19(23-12-3)24-14-13-18-16(4)27-28(9)17(18)5;/h10-15H2,1-9H3,(H,26,29)(H2,23,24,25);1H. The van der Waals surface area contributed by atoms with Crippen LogP contribution in [0.15, 0.2) is 4.99 Å². The van der Waals surface area contributed by atoms with Crippen molar-refractivity contribution in [3.63, 3.8) is 0 Å². The number of aryl methyl sites for hydroxylation is 2. The molecule has 0 spiro atoms. The van der Waals surface area contributed by atoms with E-state index in [0.717, 1.165) is 44.0 Å². The second-order valence-corrected chi connectivity index (χ2v) is 8.76. The van der Waals surface area contributed by atoms with Gasteiger partial charge < -0.3 is 20.7 Å². The molecule has 0 radical (unpaired) electrons. The number of rotatable bonds is 9. The van der Waals surface area contributed by atoms with Gasteiger partial charge >= 0.3 is 6.09 Å². The summed E-state index contributed by atoms with van der Waals surface area (Å²) in [4.78, 5) is 17.1. The van der Waals surface area contributed by atoms with Gasteiger partial charge in [-0.25, -0.2) is 4.79 Å². The largest absolute Gasteiger partial charge is 0.444 e. The first kappa shape index (κ1) is 29.5. The van der Waals surface area contributed by atoms with E-state index in [0.29, 0.717) is 6.54 Å². The Morgan fingerprint density at radius 3 is 2.19 bits per heavy atom. The van der Waals surface area contributed by atoms with Crippen LogP contribution in [0.1, 0.15) is 71.3 Å². The fourth-order valence-corrected chi connectivity index (χ4v) is 3.27. The number of amides is 1. The Bertz CT molecular complexity index is 720. The zero-order valence-electron chi connectivity index (χ0n) is 20.8. The maximum Gasteiger partial charge on any atom is 0.408 e. The average molecular weight is 551 g/mol. The summed E-state index contributed by atoms with van der Waals surface area (Å²) >= 11 is 0. The molecule has 0 saturated carbocycles. The number of alkyl carbamates (subject to hydrolysis) is 1. The summed E-state index contributed by atoms with van der Waals surface area (Å²) in [5.41, 5.74) is 2.55. The maximum absolute atomic E-state index is 12.3. The molecule has 1 amide bonds. The number of nitrogens with one attached hydrogen (secondary N) is 3. The Kier molecular flexibility index (Phi) is 12.5. The molecule has 8 nitrogen and oxygen atoms in total. The zero-order valence-corrected chi connectivity index (χ0v) is 23.1. The number of aliphatic imine (C=N–C) groups is 1. The minimum Gasteiger partial charge on any atom is -0.444 e. The van der Waals surface area contributed by atoms with Crippen LogP contribution in [0.2, 0.25) is 0 Å². The van der Waals surface area contributed by atoms with Crippen molar-refractivity contribution >= 4 is 36.0 Å². The summed E-state index contributed by atoms with van der Waals surface area (Å²) in [5.74, 6) is 0.744. The fourth-order valence-electron chi connectivity index (χ4n) is 3.27. The smallest absolute Gasteiger partial charge is 0.408 e. The Morgan fingerprint density at radius 2 is 1.74 bits per heavy atom. The van der Waals surface area contributed by atoms with Crippen molar-refractivity contribution in [1.29, 1.82) is 0 Å². The first-order chi connectivity index (χ1) is 14.0. The molecule has 0 aliphatic carbocycles. The normalized spacial score (nSPS) is 12.2. The highest BCUT2D eigenvalue weighted by molar-refractivity contribution is 14.0. The number of carbonyl (C=O) groups excluding carboxylic acids is 1. The lowest BCUT2D eigenvalue weighted by molar-refractivity contribution is 0.0452. The number of ether oxygens (including phenoxy) is 1. The number of nitrogens with zero attached hydrogens (tertiary/aromatic N) is 3. The minimum atomic E-state index is -0.528. The van der Waals surface area contributed by atoms with Gasteiger partial charge in [0, 0.05) is 25.8 Å². The summed E-state index contributed by atoms with van der Waals surface area (Å²) < 4.78 is 7.37. The Morgan fingerprint density at radius 1 is 1.13 bits per heavy atom. The van der Waals surface area contributed by atoms with Crippen LogP contribution in [0.25, 0.3) is 0 Å². The van der Waals surface area contributed by atoms with E-state index in [4.69, 9.17) is 9.73 Å². The SMILES string of the molecule is CCNC(=NCC(CC)(CC)NC(=O)OC(C)(C)C)NCCc1c(C)nn(C)c1C.I. The quantitative estimate of drug-likeness (QED) is 0.247. The predicted octanol–water partition coefficient (Wildman–Crippen LogP) is 3.84. The fraction of sp³-hybridized carbons (Fsp3) is 0.773. The molecule has 0 unspecified atom stereocenters. The molecule has 3 N–H and O–H groups in total. The highest BCUT2D eigenvalue weighted by atomic mass is 127. The summed E-state index contributed by atoms with van der Waals surface area (Å²) in [6.45, 7) is 17.9. The first-order valence-corrected chi connectivity index (χ1v) is 11.0. The van der Waals surface area contributed by atoms with Gasteiger partial charge in [-0.2, -0.15) is 5.10 Å². The highest BCUT2D eigenvalue weighted by Crippen LogP contribution is 2.18. The lowest BCUT2D eigenvalue weighted by Gasteiger charge is -2.32. The van der Waals surface area contributed by atoms with Crippen molar-refractivity contribution in [2.24, 2.45) is 12.0 Å². The molecule has 1 rings (SSSR count). The third kappa shape index (κ3) is 9.65. The molecule has 0 aliphatic rings. The predicted molar refractivity (Wildman–Crippen MR) is 138 cm³/mol. The van der Waals surface area contributed by atoms with Crippen molar-refractivity contribution in [3.05, 3.63) is 17.0 Å². The number of hydrogen-bond donors (Lipinski definition) is 3. The lowest BCUT2D eigenvalue weighted by Crippen LogP contribution is -2.52. The zero-order chi connectivity index (χ0) is 22.9. The van der Waals surface area contributed by atoms with Crippen LogP contribution in [0, 0.1) is 13.8 Å². The molecule has 0 atom stereocenters. The van der Waals surface area contributed by atoms with Gasteiger partial charge in [-0.05, 0) is 66.4 Å². The summed E-state index contributed by atoms with van der Waals surface area (Å²) in [5, 5.41) is 14.2. The third-order valence-corrected chi connectivity index (χ3v) is 5.33. The average Bonchev–Trinajstić information content (AvgIpc) is 2.89. The Hall–Kier alpha value is -1.52. The van der Waals surface area contributed by atoms with Crippen LogP contribution in [0.3, 0.4) is 0 Å². The Balaban J connectivity index is 0.00000900. The molecule has 0 aromatic carbocycles. The van der Waals surface area contributed by atoms with Gasteiger partial charge in [0.25, 0.3) is 0 Å². The van der Waals surface area contributed by atoms with E-state index in [9.17, 15) is 4.79 Å². The molecule has 0 fully saturated rings. The van der Waals surface area contributed by atoms with Crippen molar-refractivity contribution in [1.82, 2.24) is 25.7 Å². The number of guanidine groups is 1. The number of hydrogen-bond acceptors (Lipinski definition) is 4. The monoisotopic (exact) mass is 550 g/mol. The lowest BCUT2D eigenvalue weighted by atomic mass is 9.93. The van der Waals surface area contributed by atoms with Gasteiger partial charge in [-0.1, -0.05) is 13.8 Å². The molecule has 31 heavy (non-hydrogen) atoms. The van der Waals surface area contributed by atoms with Crippen LogP contribution in [0.4, 0.5) is 4.79 Å². The van der Waals surface area contributed by atoms with Crippen molar-refractivity contribution in [3.8, 4) is 0 Å². The van der Waals surface area contributed by atoms with Crippen LogP contribution in [-0.2, 0) is 18.2 Å². The van der Waals surface area contributed by atoms with Crippen LogP contribution in [-0.4, -0.2) is 52.6 Å². The topological polar surface area (TPSA) is 92.6 Å². The van der Waals surface area contributed by atoms with Gasteiger partial charge in [-0.3, -0.25) is 9.67 Å². The molecule has 1 heterocycles. The minimum absolute atomic E-state index is 0. The molecule has 0 saturated heterocycles. The third-order valence-electron chi connectivity index (χ3n) is 5.33. The number of halogens is 1. The molecule has 180 valence electrons. The number of carbonyl (C=O) groups is 1. The van der Waals surface area contributed by atoms with E-state index in [2.05, 4.69) is 41.8 Å². The van der Waals surface area contributed by atoms with Gasteiger partial charge in [0.15, 0.2) is 5.96 Å². The molecule has 0 aliphatic heterocycles. The van der Waals surface area contributed by atoms with E-state index < -0.39 is 17.2 Å². The summed E-state index contributed by atoms with van der Waals surface area (Å²) in [6, 6.07) is 0. The van der Waals surface area contributed by atoms with Crippen molar-refractivity contribution in [2.75, 3.05) is 19.6 Å². The van der Waals surface area contributed by atoms with Gasteiger partial charge in [-0.15, -0.1) is 24.0 Å². The molecule has 9 heteroatoms. The highest BCUT2D eigenvalue weighted by Gasteiger charge is 2.30. The first-order valence-electron chi connectivity index (χ1n) is 11.0. The molecular weight excluding hydrogens is 507 g/mol. The molecule has 0 bridgehead atoms. The van der Waals surface area contributed by atoms with Gasteiger partial charge in [0.2, 0.25) is 0 Å². The van der Waals surface area contributed by atoms with Crippen LogP contribution < -0.4 is 16.0 Å². The molecular formula is C22H43IN6O2. The summed E-state index contributed by atoms with van der Waals surface area (Å²) in [6.07, 6.45) is 2.00. The van der Waals surface area contributed by atoms with Crippen LogP contribution >= 0.6 is 24.0 Å². The van der Waals surface area contributed by atoms with Gasteiger partial charge in [0.05, 0.1) is 17.8 Å². The van der Waals surface area contributed by atoms with E-state index in [1.807, 2.05) is 46.3 Å². The maximum atomic E-state index is 12.3. The molecule has 1 aromatic heterocycles. The second-order valence-electron chi connectivity index (χ2n) is 8.76. The molecule has 1 aromatic rings. The Labute approximate surface area is 205 Å². The van der Waals surface area contributed by atoms with E-state index in [1.165, 1.54) is 11.3 Å². The van der Waals surface area contributed by atoms with Crippen molar-refractivity contribution < 1.29 is 9.53 Å².